The molecule has 2 aliphatic rings. The van der Waals surface area contributed by atoms with E-state index in [0.29, 0.717) is 71.1 Å². The topological polar surface area (TPSA) is 72.6 Å². The number of nitriles is 1. The molecule has 0 saturated carbocycles. The minimum Gasteiger partial charge on any atom is -0.366 e. The number of hydrogen-bond acceptors (Lipinski definition) is 7. The summed E-state index contributed by atoms with van der Waals surface area (Å²) in [6, 6.07) is 8.88. The number of aromatic nitrogens is 1. The quantitative estimate of drug-likeness (QED) is 0.177. The molecule has 2 saturated heterocycles. The molecule has 3 heterocycles. The molecule has 2 fully saturated rings. The number of carbonyl (C=O) groups is 1. The van der Waals surface area contributed by atoms with E-state index in [1.807, 2.05) is 17.0 Å². The third-order valence-electron chi connectivity index (χ3n) is 7.74. The number of unbranched alkanes of at least 4 members (excludes halogenated alkanes) is 4. The van der Waals surface area contributed by atoms with Crippen LogP contribution < -0.4 is 15.4 Å². The molecule has 41 heavy (non-hydrogen) atoms. The third-order valence-corrected chi connectivity index (χ3v) is 9.12. The second kappa shape index (κ2) is 14.1. The van der Waals surface area contributed by atoms with Crippen LogP contribution in [0.1, 0.15) is 69.1 Å². The molecule has 1 amide bonds. The van der Waals surface area contributed by atoms with Gasteiger partial charge in [-0.15, -0.1) is 0 Å². The number of halogens is 1. The van der Waals surface area contributed by atoms with Gasteiger partial charge in [0.25, 0.3) is 11.5 Å². The highest BCUT2D eigenvalue weighted by atomic mass is 32.2. The Balaban J connectivity index is 1.73. The first kappa shape index (κ1) is 30.8. The SMILES string of the molecule is CCCCCCN1C(=O)/C(=C/c2c(C)c(C#N)c(=O)n(CCCC)c2N2CCN(c3ccccc3F)CC2)SC1=S. The summed E-state index contributed by atoms with van der Waals surface area (Å²) in [5.74, 6) is 0.324. The zero-order valence-corrected chi connectivity index (χ0v) is 25.8. The second-order valence-corrected chi connectivity index (χ2v) is 12.2. The third kappa shape index (κ3) is 6.68. The summed E-state index contributed by atoms with van der Waals surface area (Å²) in [4.78, 5) is 33.4. The van der Waals surface area contributed by atoms with E-state index in [1.165, 1.54) is 17.8 Å². The van der Waals surface area contributed by atoms with E-state index in [1.54, 1.807) is 28.5 Å². The highest BCUT2D eigenvalue weighted by molar-refractivity contribution is 8.26. The van der Waals surface area contributed by atoms with Crippen LogP contribution in [0.15, 0.2) is 34.0 Å². The van der Waals surface area contributed by atoms with Crippen molar-refractivity contribution >= 4 is 51.8 Å². The zero-order valence-electron chi connectivity index (χ0n) is 24.1. The molecule has 10 heteroatoms. The first-order valence-electron chi connectivity index (χ1n) is 14.5. The van der Waals surface area contributed by atoms with Crippen LogP contribution in [0.2, 0.25) is 0 Å². The Morgan fingerprint density at radius 1 is 1.00 bits per heavy atom. The van der Waals surface area contributed by atoms with Crippen molar-refractivity contribution in [2.75, 3.05) is 42.5 Å². The number of rotatable bonds is 11. The van der Waals surface area contributed by atoms with E-state index in [-0.39, 0.29) is 22.8 Å². The molecule has 1 aromatic heterocycles. The van der Waals surface area contributed by atoms with E-state index < -0.39 is 0 Å². The zero-order chi connectivity index (χ0) is 29.5. The first-order chi connectivity index (χ1) is 19.8. The molecular formula is C31H38FN5O2S2. The predicted octanol–water partition coefficient (Wildman–Crippen LogP) is 6.08. The van der Waals surface area contributed by atoms with Gasteiger partial charge in [-0.2, -0.15) is 5.26 Å². The molecule has 0 spiro atoms. The summed E-state index contributed by atoms with van der Waals surface area (Å²) in [5, 5.41) is 9.96. The molecule has 0 bridgehead atoms. The Morgan fingerprint density at radius 2 is 1.68 bits per heavy atom. The number of thioether (sulfide) groups is 1. The van der Waals surface area contributed by atoms with Crippen LogP contribution in [0.5, 0.6) is 0 Å². The van der Waals surface area contributed by atoms with Crippen molar-refractivity contribution < 1.29 is 9.18 Å². The summed E-state index contributed by atoms with van der Waals surface area (Å²) in [5.41, 5.74) is 1.60. The predicted molar refractivity (Wildman–Crippen MR) is 170 cm³/mol. The number of para-hydroxylation sites is 1. The molecule has 2 aromatic rings. The van der Waals surface area contributed by atoms with E-state index in [2.05, 4.69) is 24.8 Å². The molecule has 4 rings (SSSR count). The van der Waals surface area contributed by atoms with Crippen LogP contribution in [-0.2, 0) is 11.3 Å². The standard InChI is InChI=1S/C31H38FN5O2S2/c1-4-6-8-11-15-37-30(39)27(41-31(37)40)20-23-22(3)24(21-33)29(38)36(14-7-5-2)28(23)35-18-16-34(17-19-35)26-13-10-9-12-25(26)32/h9-10,12-13,20H,4-8,11,14-19H2,1-3H3/b27-20-. The van der Waals surface area contributed by atoms with Crippen LogP contribution in [0.3, 0.4) is 0 Å². The van der Waals surface area contributed by atoms with Crippen LogP contribution in [-0.4, -0.2) is 52.4 Å². The highest BCUT2D eigenvalue weighted by Crippen LogP contribution is 2.36. The molecular weight excluding hydrogens is 558 g/mol. The van der Waals surface area contributed by atoms with Crippen LogP contribution in [0.4, 0.5) is 15.9 Å². The van der Waals surface area contributed by atoms with Crippen molar-refractivity contribution in [3.05, 3.63) is 62.0 Å². The van der Waals surface area contributed by atoms with Crippen molar-refractivity contribution in [3.63, 3.8) is 0 Å². The van der Waals surface area contributed by atoms with Gasteiger partial charge in [0, 0.05) is 44.8 Å². The molecule has 0 atom stereocenters. The van der Waals surface area contributed by atoms with Gasteiger partial charge < -0.3 is 9.80 Å². The Morgan fingerprint density at radius 3 is 2.34 bits per heavy atom. The molecule has 1 aromatic carbocycles. The Labute approximate surface area is 251 Å². The lowest BCUT2D eigenvalue weighted by atomic mass is 10.0. The van der Waals surface area contributed by atoms with Gasteiger partial charge in [0.05, 0.1) is 10.6 Å². The van der Waals surface area contributed by atoms with Crippen LogP contribution in [0.25, 0.3) is 6.08 Å². The summed E-state index contributed by atoms with van der Waals surface area (Å²) in [6.07, 6.45) is 7.65. The maximum Gasteiger partial charge on any atom is 0.270 e. The number of anilines is 2. The van der Waals surface area contributed by atoms with Gasteiger partial charge in [0.1, 0.15) is 27.6 Å². The fourth-order valence-corrected chi connectivity index (χ4v) is 6.69. The molecule has 0 aliphatic carbocycles. The van der Waals surface area contributed by atoms with Crippen molar-refractivity contribution in [2.24, 2.45) is 0 Å². The van der Waals surface area contributed by atoms with E-state index in [4.69, 9.17) is 12.2 Å². The summed E-state index contributed by atoms with van der Waals surface area (Å²) in [7, 11) is 0. The number of pyridine rings is 1. The number of hydrogen-bond donors (Lipinski definition) is 0. The summed E-state index contributed by atoms with van der Waals surface area (Å²) >= 11 is 6.85. The minimum atomic E-state index is -0.314. The Kier molecular flexibility index (Phi) is 10.6. The number of amides is 1. The maximum absolute atomic E-state index is 14.5. The summed E-state index contributed by atoms with van der Waals surface area (Å²) < 4.78 is 16.7. The average molecular weight is 596 g/mol. The number of thiocarbonyl (C=S) groups is 1. The molecule has 2 aliphatic heterocycles. The van der Waals surface area contributed by atoms with Crippen molar-refractivity contribution in [1.82, 2.24) is 9.47 Å². The molecule has 7 nitrogen and oxygen atoms in total. The van der Waals surface area contributed by atoms with Gasteiger partial charge >= 0.3 is 0 Å². The van der Waals surface area contributed by atoms with Gasteiger partial charge in [-0.3, -0.25) is 19.1 Å². The molecule has 0 unspecified atom stereocenters. The minimum absolute atomic E-state index is 0.0936. The Hall–Kier alpha value is -3.16. The maximum atomic E-state index is 14.5. The molecule has 0 radical (unpaired) electrons. The first-order valence-corrected chi connectivity index (χ1v) is 15.7. The monoisotopic (exact) mass is 595 g/mol. The lowest BCUT2D eigenvalue weighted by Gasteiger charge is -2.39. The second-order valence-electron chi connectivity index (χ2n) is 10.5. The lowest BCUT2D eigenvalue weighted by Crippen LogP contribution is -2.49. The normalized spacial score (nSPS) is 16.7. The lowest BCUT2D eigenvalue weighted by molar-refractivity contribution is -0.122. The van der Waals surface area contributed by atoms with E-state index >= 15 is 0 Å². The fourth-order valence-electron chi connectivity index (χ4n) is 5.40. The van der Waals surface area contributed by atoms with E-state index in [0.717, 1.165) is 38.5 Å². The van der Waals surface area contributed by atoms with Gasteiger partial charge in [-0.25, -0.2) is 4.39 Å². The van der Waals surface area contributed by atoms with Crippen LogP contribution in [0, 0.1) is 24.1 Å². The largest absolute Gasteiger partial charge is 0.366 e. The smallest absolute Gasteiger partial charge is 0.270 e. The fraction of sp³-hybridized carbons (Fsp3) is 0.484. The number of carbonyl (C=O) groups excluding carboxylic acids is 1. The molecule has 218 valence electrons. The van der Waals surface area contributed by atoms with Crippen molar-refractivity contribution in [3.8, 4) is 6.07 Å². The van der Waals surface area contributed by atoms with Gasteiger partial charge in [-0.05, 0) is 43.5 Å². The van der Waals surface area contributed by atoms with Gasteiger partial charge in [0.2, 0.25) is 0 Å². The number of nitrogens with zero attached hydrogens (tertiary/aromatic N) is 5. The van der Waals surface area contributed by atoms with E-state index in [9.17, 15) is 19.2 Å². The Bertz CT molecular complexity index is 1420. The molecule has 0 N–H and O–H groups in total. The van der Waals surface area contributed by atoms with Crippen molar-refractivity contribution in [1.29, 1.82) is 5.26 Å². The highest BCUT2D eigenvalue weighted by Gasteiger charge is 2.33. The van der Waals surface area contributed by atoms with Gasteiger partial charge in [0.15, 0.2) is 0 Å². The number of benzene rings is 1. The number of piperazine rings is 1. The van der Waals surface area contributed by atoms with Gasteiger partial charge in [-0.1, -0.05) is 75.6 Å². The average Bonchev–Trinajstić information content (AvgIpc) is 3.24. The summed E-state index contributed by atoms with van der Waals surface area (Å²) in [6.45, 7) is 9.30. The van der Waals surface area contributed by atoms with Crippen molar-refractivity contribution in [2.45, 2.75) is 65.8 Å². The van der Waals surface area contributed by atoms with Crippen LogP contribution >= 0.6 is 24.0 Å².